The summed E-state index contributed by atoms with van der Waals surface area (Å²) in [5, 5.41) is 3.98. The molecule has 0 saturated heterocycles. The monoisotopic (exact) mass is 442 g/mol. The normalized spacial score (nSPS) is 10.7. The zero-order valence-corrected chi connectivity index (χ0v) is 17.7. The van der Waals surface area contributed by atoms with Crippen LogP contribution in [0.3, 0.4) is 0 Å². The minimum Gasteiger partial charge on any atom is -0.483 e. The van der Waals surface area contributed by atoms with Gasteiger partial charge in [0.1, 0.15) is 18.1 Å². The van der Waals surface area contributed by atoms with Crippen LogP contribution in [0.5, 0.6) is 11.5 Å². The Kier molecular flexibility index (Phi) is 8.09. The van der Waals surface area contributed by atoms with Gasteiger partial charge in [-0.15, -0.1) is 6.42 Å². The minimum atomic E-state index is -0.353. The molecule has 1 amide bonds. The Bertz CT molecular complexity index is 901. The number of carbonyl (C=O) groups excluding carboxylic acids is 1. The number of halogens is 1. The molecule has 0 aromatic heterocycles. The summed E-state index contributed by atoms with van der Waals surface area (Å²) >= 11 is 3.40. The number of nitrogens with zero attached hydrogens (tertiary/aromatic N) is 1. The van der Waals surface area contributed by atoms with Crippen molar-refractivity contribution in [1.29, 1.82) is 0 Å². The maximum absolute atomic E-state index is 12.1. The predicted molar refractivity (Wildman–Crippen MR) is 115 cm³/mol. The second-order valence-electron chi connectivity index (χ2n) is 6.45. The molecule has 5 nitrogen and oxygen atoms in total. The van der Waals surface area contributed by atoms with E-state index in [1.54, 1.807) is 6.07 Å². The van der Waals surface area contributed by atoms with E-state index in [2.05, 4.69) is 46.2 Å². The first-order chi connectivity index (χ1) is 13.4. The molecule has 2 rings (SSSR count). The van der Waals surface area contributed by atoms with Gasteiger partial charge < -0.3 is 9.47 Å². The van der Waals surface area contributed by atoms with Crippen LogP contribution in [0.25, 0.3) is 0 Å². The molecule has 0 saturated carbocycles. The second-order valence-corrected chi connectivity index (χ2v) is 7.37. The summed E-state index contributed by atoms with van der Waals surface area (Å²) in [5.74, 6) is 3.66. The Morgan fingerprint density at radius 2 is 2.04 bits per heavy atom. The van der Waals surface area contributed by atoms with E-state index in [9.17, 15) is 4.79 Å². The van der Waals surface area contributed by atoms with Crippen molar-refractivity contribution in [3.63, 3.8) is 0 Å². The fraction of sp³-hybridized carbons (Fsp3) is 0.273. The molecule has 0 atom stereocenters. The van der Waals surface area contributed by atoms with Crippen LogP contribution in [0, 0.1) is 19.3 Å². The molecular formula is C22H23BrN2O3. The van der Waals surface area contributed by atoms with Gasteiger partial charge in [0.25, 0.3) is 5.91 Å². The van der Waals surface area contributed by atoms with Gasteiger partial charge in [-0.1, -0.05) is 47.8 Å². The molecular weight excluding hydrogens is 420 g/mol. The summed E-state index contributed by atoms with van der Waals surface area (Å²) in [4.78, 5) is 12.1. The van der Waals surface area contributed by atoms with Crippen molar-refractivity contribution in [2.45, 2.75) is 26.7 Å². The Balaban J connectivity index is 1.97. The highest BCUT2D eigenvalue weighted by Gasteiger charge is 2.10. The molecule has 0 fully saturated rings. The number of hydrogen-bond acceptors (Lipinski definition) is 4. The average molecular weight is 443 g/mol. The van der Waals surface area contributed by atoms with Gasteiger partial charge >= 0.3 is 0 Å². The van der Waals surface area contributed by atoms with Gasteiger partial charge in [-0.25, -0.2) is 5.43 Å². The molecule has 146 valence electrons. The summed E-state index contributed by atoms with van der Waals surface area (Å²) in [6, 6.07) is 11.4. The van der Waals surface area contributed by atoms with Crippen LogP contribution in [-0.2, 0) is 4.79 Å². The van der Waals surface area contributed by atoms with Crippen LogP contribution in [0.15, 0.2) is 46.0 Å². The Morgan fingerprint density at radius 3 is 2.75 bits per heavy atom. The Labute approximate surface area is 174 Å². The number of amides is 1. The lowest BCUT2D eigenvalue weighted by molar-refractivity contribution is -0.123. The number of nitrogens with one attached hydrogen (secondary N) is 1. The fourth-order valence-corrected chi connectivity index (χ4v) is 2.84. The number of hydrogen-bond donors (Lipinski definition) is 1. The largest absolute Gasteiger partial charge is 0.483 e. The number of aryl methyl sites for hydroxylation is 1. The molecule has 0 unspecified atom stereocenters. The van der Waals surface area contributed by atoms with Crippen molar-refractivity contribution < 1.29 is 14.3 Å². The van der Waals surface area contributed by atoms with E-state index < -0.39 is 0 Å². The van der Waals surface area contributed by atoms with Crippen LogP contribution in [-0.4, -0.2) is 25.3 Å². The fourth-order valence-electron chi connectivity index (χ4n) is 2.46. The van der Waals surface area contributed by atoms with Crippen LogP contribution < -0.4 is 14.9 Å². The highest BCUT2D eigenvalue weighted by Crippen LogP contribution is 2.27. The average Bonchev–Trinajstić information content (AvgIpc) is 2.65. The lowest BCUT2D eigenvalue weighted by Crippen LogP contribution is -2.25. The van der Waals surface area contributed by atoms with Crippen molar-refractivity contribution in [3.05, 3.63) is 57.6 Å². The molecule has 0 aliphatic heterocycles. The Morgan fingerprint density at radius 1 is 1.25 bits per heavy atom. The highest BCUT2D eigenvalue weighted by atomic mass is 79.9. The van der Waals surface area contributed by atoms with E-state index in [1.807, 2.05) is 37.3 Å². The molecule has 1 N–H and O–H groups in total. The topological polar surface area (TPSA) is 59.9 Å². The molecule has 2 aromatic carbocycles. The summed E-state index contributed by atoms with van der Waals surface area (Å²) in [7, 11) is 0. The number of hydrazone groups is 1. The zero-order chi connectivity index (χ0) is 20.5. The third-order valence-corrected chi connectivity index (χ3v) is 4.32. The van der Waals surface area contributed by atoms with E-state index >= 15 is 0 Å². The number of carbonyl (C=O) groups is 1. The van der Waals surface area contributed by atoms with Gasteiger partial charge in [-0.3, -0.25) is 4.79 Å². The minimum absolute atomic E-state index is 0.126. The second kappa shape index (κ2) is 10.5. The van der Waals surface area contributed by atoms with Crippen LogP contribution in [0.2, 0.25) is 0 Å². The van der Waals surface area contributed by atoms with Gasteiger partial charge in [0.15, 0.2) is 6.61 Å². The highest BCUT2D eigenvalue weighted by molar-refractivity contribution is 9.10. The SMILES string of the molecule is C#CCOc1ccc(Br)cc1/C=N/NC(=O)COc1cc(C)ccc1C(C)C. The lowest BCUT2D eigenvalue weighted by Gasteiger charge is -2.14. The standard InChI is InChI=1S/C22H23BrN2O3/c1-5-10-27-20-9-7-18(23)12-17(20)13-24-25-22(26)14-28-21-11-16(4)6-8-19(21)15(2)3/h1,6-9,11-13,15H,10,14H2,2-4H3,(H,25,26)/b24-13+. The van der Waals surface area contributed by atoms with Crippen molar-refractivity contribution in [1.82, 2.24) is 5.43 Å². The number of terminal acetylenes is 1. The van der Waals surface area contributed by atoms with Gasteiger partial charge in [0.2, 0.25) is 0 Å². The molecule has 6 heteroatoms. The zero-order valence-electron chi connectivity index (χ0n) is 16.2. The molecule has 0 aliphatic carbocycles. The first kappa shape index (κ1) is 21.5. The Hall–Kier alpha value is -2.78. The molecule has 28 heavy (non-hydrogen) atoms. The van der Waals surface area contributed by atoms with Gasteiger partial charge in [-0.2, -0.15) is 5.10 Å². The first-order valence-electron chi connectivity index (χ1n) is 8.81. The molecule has 0 spiro atoms. The number of benzene rings is 2. The predicted octanol–water partition coefficient (Wildman–Crippen LogP) is 4.42. The number of ether oxygens (including phenoxy) is 2. The van der Waals surface area contributed by atoms with Crippen molar-refractivity contribution in [2.75, 3.05) is 13.2 Å². The first-order valence-corrected chi connectivity index (χ1v) is 9.61. The van der Waals surface area contributed by atoms with Gasteiger partial charge in [0.05, 0.1) is 6.21 Å². The summed E-state index contributed by atoms with van der Waals surface area (Å²) in [6.07, 6.45) is 6.73. The van der Waals surface area contributed by atoms with Crippen molar-refractivity contribution >= 4 is 28.1 Å². The molecule has 0 heterocycles. The van der Waals surface area contributed by atoms with E-state index in [-0.39, 0.29) is 19.1 Å². The van der Waals surface area contributed by atoms with E-state index in [0.29, 0.717) is 23.0 Å². The summed E-state index contributed by atoms with van der Waals surface area (Å²) < 4.78 is 12.0. The smallest absolute Gasteiger partial charge is 0.277 e. The maximum Gasteiger partial charge on any atom is 0.277 e. The third kappa shape index (κ3) is 6.43. The quantitative estimate of drug-likeness (QED) is 0.373. The lowest BCUT2D eigenvalue weighted by atomic mass is 10.0. The van der Waals surface area contributed by atoms with E-state index in [4.69, 9.17) is 15.9 Å². The maximum atomic E-state index is 12.1. The molecule has 2 aromatic rings. The van der Waals surface area contributed by atoms with E-state index in [0.717, 1.165) is 15.6 Å². The van der Waals surface area contributed by atoms with Gasteiger partial charge in [-0.05, 0) is 48.2 Å². The molecule has 0 radical (unpaired) electrons. The summed E-state index contributed by atoms with van der Waals surface area (Å²) in [6.45, 7) is 6.18. The molecule has 0 bridgehead atoms. The third-order valence-electron chi connectivity index (χ3n) is 3.83. The van der Waals surface area contributed by atoms with Crippen molar-refractivity contribution in [3.8, 4) is 23.8 Å². The van der Waals surface area contributed by atoms with Crippen molar-refractivity contribution in [2.24, 2.45) is 5.10 Å². The van der Waals surface area contributed by atoms with Crippen LogP contribution in [0.4, 0.5) is 0 Å². The van der Waals surface area contributed by atoms with Crippen LogP contribution >= 0.6 is 15.9 Å². The van der Waals surface area contributed by atoms with Crippen LogP contribution in [0.1, 0.15) is 36.5 Å². The van der Waals surface area contributed by atoms with E-state index in [1.165, 1.54) is 6.21 Å². The number of rotatable bonds is 8. The van der Waals surface area contributed by atoms with Gasteiger partial charge in [0, 0.05) is 10.0 Å². The summed E-state index contributed by atoms with van der Waals surface area (Å²) in [5.41, 5.74) is 5.29. The molecule has 0 aliphatic rings.